The summed E-state index contributed by atoms with van der Waals surface area (Å²) in [6, 6.07) is 15.1. The maximum atomic E-state index is 10.7. The van der Waals surface area contributed by atoms with Gasteiger partial charge in [-0.2, -0.15) is 0 Å². The van der Waals surface area contributed by atoms with Crippen molar-refractivity contribution in [3.8, 4) is 5.75 Å². The number of aromatic carboxylic acids is 1. The van der Waals surface area contributed by atoms with Crippen molar-refractivity contribution in [2.75, 3.05) is 12.4 Å². The summed E-state index contributed by atoms with van der Waals surface area (Å²) in [7, 11) is 0. The Hall–Kier alpha value is -1.94. The zero-order valence-electron chi connectivity index (χ0n) is 12.6. The maximum absolute atomic E-state index is 10.7. The van der Waals surface area contributed by atoms with Crippen LogP contribution in [0.1, 0.15) is 28.8 Å². The quantitative estimate of drug-likeness (QED) is 0.569. The highest BCUT2D eigenvalue weighted by atomic mass is 32.2. The number of carbonyl (C=O) groups is 1. The average Bonchev–Trinajstić information content (AvgIpc) is 2.53. The van der Waals surface area contributed by atoms with Gasteiger partial charge in [0.15, 0.2) is 0 Å². The first-order valence-corrected chi connectivity index (χ1v) is 8.29. The predicted molar refractivity (Wildman–Crippen MR) is 90.0 cm³/mol. The van der Waals surface area contributed by atoms with E-state index < -0.39 is 5.97 Å². The zero-order chi connectivity index (χ0) is 15.8. The smallest absolute Gasteiger partial charge is 0.335 e. The number of benzene rings is 2. The summed E-state index contributed by atoms with van der Waals surface area (Å²) < 4.78 is 5.61. The van der Waals surface area contributed by atoms with Crippen molar-refractivity contribution < 1.29 is 14.6 Å². The van der Waals surface area contributed by atoms with Gasteiger partial charge in [-0.3, -0.25) is 0 Å². The van der Waals surface area contributed by atoms with Crippen LogP contribution in [0.4, 0.5) is 0 Å². The molecule has 0 aliphatic rings. The van der Waals surface area contributed by atoms with E-state index in [9.17, 15) is 4.79 Å². The van der Waals surface area contributed by atoms with Gasteiger partial charge in [0, 0.05) is 4.90 Å². The molecular weight excluding hydrogens is 296 g/mol. The van der Waals surface area contributed by atoms with Gasteiger partial charge < -0.3 is 9.84 Å². The fraction of sp³-hybridized carbons (Fsp3) is 0.278. The summed E-state index contributed by atoms with van der Waals surface area (Å²) in [5.74, 6) is 0.876. The molecule has 0 aromatic heterocycles. The van der Waals surface area contributed by atoms with Crippen molar-refractivity contribution in [3.63, 3.8) is 0 Å². The molecule has 0 spiro atoms. The van der Waals surface area contributed by atoms with Gasteiger partial charge in [-0.25, -0.2) is 4.79 Å². The van der Waals surface area contributed by atoms with Crippen LogP contribution in [0.5, 0.6) is 5.75 Å². The van der Waals surface area contributed by atoms with Crippen molar-refractivity contribution in [1.82, 2.24) is 0 Å². The number of rotatable bonds is 8. The highest BCUT2D eigenvalue weighted by molar-refractivity contribution is 7.99. The Morgan fingerprint density at radius 2 is 1.73 bits per heavy atom. The van der Waals surface area contributed by atoms with Gasteiger partial charge >= 0.3 is 5.97 Å². The predicted octanol–water partition coefficient (Wildman–Crippen LogP) is 4.64. The molecule has 0 atom stereocenters. The van der Waals surface area contributed by atoms with Gasteiger partial charge in [-0.05, 0) is 61.9 Å². The first-order valence-electron chi connectivity index (χ1n) is 7.31. The van der Waals surface area contributed by atoms with Crippen LogP contribution < -0.4 is 4.74 Å². The van der Waals surface area contributed by atoms with Crippen molar-refractivity contribution in [2.45, 2.75) is 24.7 Å². The Morgan fingerprint density at radius 3 is 2.36 bits per heavy atom. The minimum atomic E-state index is -0.917. The van der Waals surface area contributed by atoms with Crippen LogP contribution in [0, 0.1) is 6.92 Å². The van der Waals surface area contributed by atoms with Gasteiger partial charge in [0.05, 0.1) is 12.2 Å². The molecule has 1 N–H and O–H groups in total. The van der Waals surface area contributed by atoms with Gasteiger partial charge in [-0.15, -0.1) is 11.8 Å². The molecule has 2 aromatic carbocycles. The number of thioether (sulfide) groups is 1. The van der Waals surface area contributed by atoms with Crippen molar-refractivity contribution in [1.29, 1.82) is 0 Å². The molecule has 0 amide bonds. The molecular formula is C18H20O3S. The molecule has 0 radical (unpaired) electrons. The minimum absolute atomic E-state index is 0.279. The molecule has 3 nitrogen and oxygen atoms in total. The number of carboxylic acid groups (broad SMARTS) is 1. The van der Waals surface area contributed by atoms with Crippen LogP contribution in [0.15, 0.2) is 53.4 Å². The lowest BCUT2D eigenvalue weighted by Crippen LogP contribution is -1.99. The molecule has 0 aliphatic heterocycles. The van der Waals surface area contributed by atoms with E-state index in [1.807, 2.05) is 11.8 Å². The molecule has 0 fully saturated rings. The van der Waals surface area contributed by atoms with E-state index in [1.165, 1.54) is 10.5 Å². The molecule has 2 rings (SSSR count). The Balaban J connectivity index is 1.61. The van der Waals surface area contributed by atoms with E-state index in [2.05, 4.69) is 31.2 Å². The first kappa shape index (κ1) is 16.4. The largest absolute Gasteiger partial charge is 0.494 e. The maximum Gasteiger partial charge on any atom is 0.335 e. The SMILES string of the molecule is Cc1ccc(SCCCCOc2ccc(C(=O)O)cc2)cc1. The Labute approximate surface area is 135 Å². The monoisotopic (exact) mass is 316 g/mol. The molecule has 4 heteroatoms. The molecule has 2 aromatic rings. The van der Waals surface area contributed by atoms with Crippen LogP contribution in [0.2, 0.25) is 0 Å². The summed E-state index contributed by atoms with van der Waals surface area (Å²) in [6.45, 7) is 2.75. The lowest BCUT2D eigenvalue weighted by atomic mass is 10.2. The Morgan fingerprint density at radius 1 is 1.05 bits per heavy atom. The van der Waals surface area contributed by atoms with Gasteiger partial charge in [0.2, 0.25) is 0 Å². The summed E-state index contributed by atoms with van der Waals surface area (Å²) in [5.41, 5.74) is 1.56. The highest BCUT2D eigenvalue weighted by Crippen LogP contribution is 2.20. The van der Waals surface area contributed by atoms with Gasteiger partial charge in [0.1, 0.15) is 5.75 Å². The fourth-order valence-electron chi connectivity index (χ4n) is 1.91. The molecule has 116 valence electrons. The molecule has 0 saturated heterocycles. The number of unbranched alkanes of at least 4 members (excludes halogenated alkanes) is 1. The topological polar surface area (TPSA) is 46.5 Å². The Kier molecular flexibility index (Phi) is 6.34. The molecule has 22 heavy (non-hydrogen) atoms. The minimum Gasteiger partial charge on any atom is -0.494 e. The molecule has 0 bridgehead atoms. The second-order valence-electron chi connectivity index (χ2n) is 5.05. The van der Waals surface area contributed by atoms with Crippen molar-refractivity contribution in [3.05, 3.63) is 59.7 Å². The third-order valence-electron chi connectivity index (χ3n) is 3.20. The second kappa shape index (κ2) is 8.49. The number of carboxylic acids is 1. The van der Waals surface area contributed by atoms with E-state index in [0.29, 0.717) is 6.61 Å². The lowest BCUT2D eigenvalue weighted by molar-refractivity contribution is 0.0697. The summed E-state index contributed by atoms with van der Waals surface area (Å²) >= 11 is 1.86. The normalized spacial score (nSPS) is 10.4. The average molecular weight is 316 g/mol. The second-order valence-corrected chi connectivity index (χ2v) is 6.21. The standard InChI is InChI=1S/C18H20O3S/c1-14-4-10-17(11-5-14)22-13-3-2-12-21-16-8-6-15(7-9-16)18(19)20/h4-11H,2-3,12-13H2,1H3,(H,19,20). The summed E-state index contributed by atoms with van der Waals surface area (Å²) in [5, 5.41) is 8.81. The third-order valence-corrected chi connectivity index (χ3v) is 4.30. The number of hydrogen-bond donors (Lipinski definition) is 1. The van der Waals surface area contributed by atoms with E-state index in [-0.39, 0.29) is 5.56 Å². The number of hydrogen-bond acceptors (Lipinski definition) is 3. The molecule has 0 heterocycles. The van der Waals surface area contributed by atoms with Gasteiger partial charge in [-0.1, -0.05) is 17.7 Å². The molecule has 0 unspecified atom stereocenters. The highest BCUT2D eigenvalue weighted by Gasteiger charge is 2.02. The van der Waals surface area contributed by atoms with Crippen LogP contribution in [-0.2, 0) is 0 Å². The molecule has 0 saturated carbocycles. The lowest BCUT2D eigenvalue weighted by Gasteiger charge is -2.06. The van der Waals surface area contributed by atoms with Crippen LogP contribution >= 0.6 is 11.8 Å². The third kappa shape index (κ3) is 5.45. The fourth-order valence-corrected chi connectivity index (χ4v) is 2.83. The van der Waals surface area contributed by atoms with E-state index in [0.717, 1.165) is 24.3 Å². The summed E-state index contributed by atoms with van der Waals surface area (Å²) in [6.07, 6.45) is 2.07. The number of ether oxygens (including phenoxy) is 1. The summed E-state index contributed by atoms with van der Waals surface area (Å²) in [4.78, 5) is 12.0. The van der Waals surface area contributed by atoms with E-state index in [1.54, 1.807) is 24.3 Å². The van der Waals surface area contributed by atoms with Crippen molar-refractivity contribution >= 4 is 17.7 Å². The number of aryl methyl sites for hydroxylation is 1. The van der Waals surface area contributed by atoms with Crippen LogP contribution in [0.25, 0.3) is 0 Å². The van der Waals surface area contributed by atoms with E-state index >= 15 is 0 Å². The first-order chi connectivity index (χ1) is 10.6. The van der Waals surface area contributed by atoms with Crippen molar-refractivity contribution in [2.24, 2.45) is 0 Å². The van der Waals surface area contributed by atoms with Crippen LogP contribution in [0.3, 0.4) is 0 Å². The van der Waals surface area contributed by atoms with E-state index in [4.69, 9.17) is 9.84 Å². The van der Waals surface area contributed by atoms with Crippen LogP contribution in [-0.4, -0.2) is 23.4 Å². The molecule has 0 aliphatic carbocycles. The Bertz CT molecular complexity index is 591. The zero-order valence-corrected chi connectivity index (χ0v) is 13.4. The van der Waals surface area contributed by atoms with Gasteiger partial charge in [0.25, 0.3) is 0 Å².